The summed E-state index contributed by atoms with van der Waals surface area (Å²) in [7, 11) is 0. The maximum absolute atomic E-state index is 11.1. The fourth-order valence-electron chi connectivity index (χ4n) is 1.09. The Balaban J connectivity index is 3.02. The van der Waals surface area contributed by atoms with Crippen LogP contribution in [-0.4, -0.2) is 10.9 Å². The van der Waals surface area contributed by atoms with Crippen molar-refractivity contribution in [1.29, 1.82) is 0 Å². The van der Waals surface area contributed by atoms with E-state index in [1.165, 1.54) is 6.92 Å². The standard InChI is InChI=1S/C10H10Br2O2/c1-6(13)10(12)7-2-3-8(5-11)9(14)4-7/h2-4,10,14H,5H2,1H3. The van der Waals surface area contributed by atoms with Gasteiger partial charge in [-0.15, -0.1) is 0 Å². The van der Waals surface area contributed by atoms with Crippen molar-refractivity contribution in [3.63, 3.8) is 0 Å². The molecule has 1 aromatic carbocycles. The Morgan fingerprint density at radius 1 is 1.57 bits per heavy atom. The number of hydrogen-bond acceptors (Lipinski definition) is 2. The van der Waals surface area contributed by atoms with Gasteiger partial charge in [0.25, 0.3) is 0 Å². The van der Waals surface area contributed by atoms with Crippen LogP contribution >= 0.6 is 31.9 Å². The van der Waals surface area contributed by atoms with E-state index in [1.807, 2.05) is 6.07 Å². The Labute approximate surface area is 99.6 Å². The van der Waals surface area contributed by atoms with Gasteiger partial charge in [-0.3, -0.25) is 4.79 Å². The van der Waals surface area contributed by atoms with E-state index in [9.17, 15) is 9.90 Å². The number of aromatic hydroxyl groups is 1. The minimum atomic E-state index is -0.335. The molecule has 0 fully saturated rings. The molecule has 0 amide bonds. The maximum Gasteiger partial charge on any atom is 0.147 e. The van der Waals surface area contributed by atoms with Gasteiger partial charge < -0.3 is 5.11 Å². The van der Waals surface area contributed by atoms with E-state index in [0.717, 1.165) is 11.1 Å². The zero-order chi connectivity index (χ0) is 10.7. The predicted molar refractivity (Wildman–Crippen MR) is 63.1 cm³/mol. The lowest BCUT2D eigenvalue weighted by atomic mass is 10.1. The molecule has 14 heavy (non-hydrogen) atoms. The normalized spacial score (nSPS) is 12.5. The Kier molecular flexibility index (Phi) is 4.13. The number of carbonyl (C=O) groups excluding carboxylic acids is 1. The molecule has 0 saturated heterocycles. The quantitative estimate of drug-likeness (QED) is 0.867. The van der Waals surface area contributed by atoms with E-state index in [-0.39, 0.29) is 16.4 Å². The summed E-state index contributed by atoms with van der Waals surface area (Å²) in [6.45, 7) is 1.51. The first kappa shape index (κ1) is 11.7. The van der Waals surface area contributed by atoms with Gasteiger partial charge >= 0.3 is 0 Å². The average molecular weight is 322 g/mol. The summed E-state index contributed by atoms with van der Waals surface area (Å²) in [5, 5.41) is 10.2. The second-order valence-electron chi connectivity index (χ2n) is 2.99. The number of halogens is 2. The monoisotopic (exact) mass is 320 g/mol. The van der Waals surface area contributed by atoms with Crippen LogP contribution < -0.4 is 0 Å². The van der Waals surface area contributed by atoms with Crippen LogP contribution in [0.4, 0.5) is 0 Å². The fourth-order valence-corrected chi connectivity index (χ4v) is 1.85. The molecule has 0 saturated carbocycles. The van der Waals surface area contributed by atoms with Gasteiger partial charge in [0.15, 0.2) is 0 Å². The molecule has 2 nitrogen and oxygen atoms in total. The number of alkyl halides is 2. The topological polar surface area (TPSA) is 37.3 Å². The highest BCUT2D eigenvalue weighted by molar-refractivity contribution is 9.09. The number of rotatable bonds is 3. The summed E-state index contributed by atoms with van der Waals surface area (Å²) < 4.78 is 0. The van der Waals surface area contributed by atoms with Crippen molar-refractivity contribution in [1.82, 2.24) is 0 Å². The maximum atomic E-state index is 11.1. The number of carbonyl (C=O) groups is 1. The van der Waals surface area contributed by atoms with Gasteiger partial charge in [-0.05, 0) is 18.6 Å². The molecule has 0 bridgehead atoms. The fraction of sp³-hybridized carbons (Fsp3) is 0.300. The minimum Gasteiger partial charge on any atom is -0.508 e. The Bertz CT molecular complexity index is 350. The summed E-state index contributed by atoms with van der Waals surface area (Å²) in [6.07, 6.45) is 0. The second kappa shape index (κ2) is 4.94. The number of ketones is 1. The molecule has 0 aliphatic rings. The van der Waals surface area contributed by atoms with Gasteiger partial charge in [-0.2, -0.15) is 0 Å². The third-order valence-electron chi connectivity index (χ3n) is 1.90. The van der Waals surface area contributed by atoms with E-state index in [0.29, 0.717) is 5.33 Å². The van der Waals surface area contributed by atoms with Crippen LogP contribution in [-0.2, 0) is 10.1 Å². The molecule has 0 aliphatic heterocycles. The Morgan fingerprint density at radius 3 is 2.64 bits per heavy atom. The molecule has 0 aromatic heterocycles. The number of Topliss-reactive ketones (excluding diaryl/α,β-unsaturated/α-hetero) is 1. The van der Waals surface area contributed by atoms with E-state index >= 15 is 0 Å². The van der Waals surface area contributed by atoms with Crippen molar-refractivity contribution in [3.8, 4) is 5.75 Å². The van der Waals surface area contributed by atoms with Gasteiger partial charge in [-0.1, -0.05) is 44.0 Å². The zero-order valence-electron chi connectivity index (χ0n) is 7.63. The molecular formula is C10H10Br2O2. The highest BCUT2D eigenvalue weighted by Crippen LogP contribution is 2.29. The summed E-state index contributed by atoms with van der Waals surface area (Å²) in [5.41, 5.74) is 1.59. The van der Waals surface area contributed by atoms with Gasteiger partial charge in [0, 0.05) is 10.9 Å². The second-order valence-corrected chi connectivity index (χ2v) is 4.47. The van der Waals surface area contributed by atoms with Crippen LogP contribution in [0.5, 0.6) is 5.75 Å². The number of benzene rings is 1. The van der Waals surface area contributed by atoms with Crippen molar-refractivity contribution < 1.29 is 9.90 Å². The molecule has 1 unspecified atom stereocenters. The minimum absolute atomic E-state index is 0.0241. The smallest absolute Gasteiger partial charge is 0.147 e. The SMILES string of the molecule is CC(=O)C(Br)c1ccc(CBr)c(O)c1. The predicted octanol–water partition coefficient (Wildman–Crippen LogP) is 3.31. The first-order valence-corrected chi connectivity index (χ1v) is 6.12. The molecule has 4 heteroatoms. The molecule has 76 valence electrons. The molecule has 0 radical (unpaired) electrons. The third kappa shape index (κ3) is 2.58. The molecule has 1 aromatic rings. The molecule has 0 heterocycles. The van der Waals surface area contributed by atoms with Crippen LogP contribution in [0, 0.1) is 0 Å². The number of phenols is 1. The highest BCUT2D eigenvalue weighted by atomic mass is 79.9. The van der Waals surface area contributed by atoms with Crippen LogP contribution in [0.25, 0.3) is 0 Å². The first-order chi connectivity index (χ1) is 6.56. The van der Waals surface area contributed by atoms with Crippen molar-refractivity contribution in [2.24, 2.45) is 0 Å². The lowest BCUT2D eigenvalue weighted by molar-refractivity contribution is -0.116. The molecular weight excluding hydrogens is 312 g/mol. The van der Waals surface area contributed by atoms with Gasteiger partial charge in [-0.25, -0.2) is 0 Å². The summed E-state index contributed by atoms with van der Waals surface area (Å²) in [4.78, 5) is 10.7. The molecule has 1 N–H and O–H groups in total. The third-order valence-corrected chi connectivity index (χ3v) is 3.68. The largest absolute Gasteiger partial charge is 0.508 e. The Morgan fingerprint density at radius 2 is 2.21 bits per heavy atom. The van der Waals surface area contributed by atoms with Crippen LogP contribution in [0.2, 0.25) is 0 Å². The van der Waals surface area contributed by atoms with Crippen molar-refractivity contribution in [3.05, 3.63) is 29.3 Å². The summed E-state index contributed by atoms with van der Waals surface area (Å²) in [5.74, 6) is 0.237. The highest BCUT2D eigenvalue weighted by Gasteiger charge is 2.13. The first-order valence-electron chi connectivity index (χ1n) is 4.08. The molecule has 0 aliphatic carbocycles. The zero-order valence-corrected chi connectivity index (χ0v) is 10.8. The molecule has 1 rings (SSSR count). The summed E-state index contributed by atoms with van der Waals surface area (Å²) >= 11 is 6.52. The van der Waals surface area contributed by atoms with Crippen molar-refractivity contribution in [2.45, 2.75) is 17.1 Å². The average Bonchev–Trinajstić information content (AvgIpc) is 2.16. The van der Waals surface area contributed by atoms with E-state index in [1.54, 1.807) is 12.1 Å². The lowest BCUT2D eigenvalue weighted by Crippen LogP contribution is -2.00. The van der Waals surface area contributed by atoms with Gasteiger partial charge in [0.05, 0.1) is 4.83 Å². The van der Waals surface area contributed by atoms with E-state index in [4.69, 9.17) is 0 Å². The van der Waals surface area contributed by atoms with Crippen LogP contribution in [0.3, 0.4) is 0 Å². The van der Waals surface area contributed by atoms with E-state index in [2.05, 4.69) is 31.9 Å². The van der Waals surface area contributed by atoms with Crippen LogP contribution in [0.15, 0.2) is 18.2 Å². The van der Waals surface area contributed by atoms with Crippen LogP contribution in [0.1, 0.15) is 22.9 Å². The molecule has 0 spiro atoms. The number of hydrogen-bond donors (Lipinski definition) is 1. The number of phenolic OH excluding ortho intramolecular Hbond substituents is 1. The lowest BCUT2D eigenvalue weighted by Gasteiger charge is -2.08. The van der Waals surface area contributed by atoms with Crippen molar-refractivity contribution in [2.75, 3.05) is 0 Å². The summed E-state index contributed by atoms with van der Waals surface area (Å²) in [6, 6.07) is 5.24. The molecule has 1 atom stereocenters. The Hall–Kier alpha value is -0.350. The van der Waals surface area contributed by atoms with Crippen molar-refractivity contribution >= 4 is 37.6 Å². The van der Waals surface area contributed by atoms with E-state index < -0.39 is 0 Å². The van der Waals surface area contributed by atoms with Gasteiger partial charge in [0.2, 0.25) is 0 Å². The van der Waals surface area contributed by atoms with Gasteiger partial charge in [0.1, 0.15) is 11.5 Å².